The molecule has 16 heavy (non-hydrogen) atoms. The maximum absolute atomic E-state index is 10.8. The van der Waals surface area contributed by atoms with Crippen molar-refractivity contribution in [2.45, 2.75) is 33.6 Å². The van der Waals surface area contributed by atoms with Crippen molar-refractivity contribution >= 4 is 5.69 Å². The van der Waals surface area contributed by atoms with Crippen LogP contribution in [0.1, 0.15) is 30.9 Å². The zero-order valence-electron chi connectivity index (χ0n) is 9.95. The summed E-state index contributed by atoms with van der Waals surface area (Å²) >= 11 is 0. The number of hydrogen-bond donors (Lipinski definition) is 0. The van der Waals surface area contributed by atoms with Crippen molar-refractivity contribution < 1.29 is 9.66 Å². The minimum absolute atomic E-state index is 0.183. The molecule has 0 saturated heterocycles. The SMILES string of the molecule is CCCCOc1cc(C)c([N+](=O)[O-])c(C)c1. The van der Waals surface area contributed by atoms with E-state index in [4.69, 9.17) is 4.74 Å². The average molecular weight is 223 g/mol. The van der Waals surface area contributed by atoms with E-state index in [0.717, 1.165) is 12.8 Å². The molecule has 1 rings (SSSR count). The van der Waals surface area contributed by atoms with Gasteiger partial charge < -0.3 is 4.74 Å². The fourth-order valence-corrected chi connectivity index (χ4v) is 1.62. The van der Waals surface area contributed by atoms with Crippen LogP contribution in [0.3, 0.4) is 0 Å². The lowest BCUT2D eigenvalue weighted by Crippen LogP contribution is -2.00. The van der Waals surface area contributed by atoms with Crippen molar-refractivity contribution in [2.24, 2.45) is 0 Å². The van der Waals surface area contributed by atoms with Crippen molar-refractivity contribution in [3.63, 3.8) is 0 Å². The van der Waals surface area contributed by atoms with Gasteiger partial charge in [-0.3, -0.25) is 10.1 Å². The summed E-state index contributed by atoms with van der Waals surface area (Å²) in [6, 6.07) is 3.45. The molecule has 0 aliphatic carbocycles. The smallest absolute Gasteiger partial charge is 0.275 e. The second kappa shape index (κ2) is 5.49. The van der Waals surface area contributed by atoms with Gasteiger partial charge >= 0.3 is 0 Å². The third-order valence-electron chi connectivity index (χ3n) is 2.41. The molecule has 0 aliphatic heterocycles. The molecule has 4 nitrogen and oxygen atoms in total. The number of unbranched alkanes of at least 4 members (excludes halogenated alkanes) is 1. The lowest BCUT2D eigenvalue weighted by molar-refractivity contribution is -0.386. The molecule has 0 bridgehead atoms. The molecule has 0 aliphatic rings. The van der Waals surface area contributed by atoms with E-state index < -0.39 is 0 Å². The Morgan fingerprint density at radius 2 is 1.88 bits per heavy atom. The van der Waals surface area contributed by atoms with Crippen LogP contribution in [0.15, 0.2) is 12.1 Å². The molecule has 4 heteroatoms. The highest BCUT2D eigenvalue weighted by molar-refractivity contribution is 5.50. The van der Waals surface area contributed by atoms with E-state index in [9.17, 15) is 10.1 Å². The second-order valence-electron chi connectivity index (χ2n) is 3.86. The maximum Gasteiger partial charge on any atom is 0.275 e. The second-order valence-corrected chi connectivity index (χ2v) is 3.86. The van der Waals surface area contributed by atoms with Crippen molar-refractivity contribution in [3.05, 3.63) is 33.4 Å². The van der Waals surface area contributed by atoms with Crippen LogP contribution in [0.5, 0.6) is 5.75 Å². The van der Waals surface area contributed by atoms with E-state index in [-0.39, 0.29) is 10.6 Å². The summed E-state index contributed by atoms with van der Waals surface area (Å²) in [4.78, 5) is 10.4. The maximum atomic E-state index is 10.8. The van der Waals surface area contributed by atoms with Crippen LogP contribution < -0.4 is 4.74 Å². The Labute approximate surface area is 95.4 Å². The number of nitro groups is 1. The average Bonchev–Trinajstić information content (AvgIpc) is 2.16. The lowest BCUT2D eigenvalue weighted by atomic mass is 10.1. The van der Waals surface area contributed by atoms with Crippen molar-refractivity contribution in [3.8, 4) is 5.75 Å². The highest BCUT2D eigenvalue weighted by Crippen LogP contribution is 2.27. The molecule has 1 aromatic carbocycles. The third-order valence-corrected chi connectivity index (χ3v) is 2.41. The molecule has 0 saturated carbocycles. The standard InChI is InChI=1S/C12H17NO3/c1-4-5-6-16-11-7-9(2)12(13(14)15)10(3)8-11/h7-8H,4-6H2,1-3H3. The predicted molar refractivity (Wildman–Crippen MR) is 63.0 cm³/mol. The van der Waals surface area contributed by atoms with Crippen LogP contribution in [0.2, 0.25) is 0 Å². The molecule has 0 atom stereocenters. The van der Waals surface area contributed by atoms with Gasteiger partial charge in [0.1, 0.15) is 5.75 Å². The summed E-state index contributed by atoms with van der Waals surface area (Å²) in [5.41, 5.74) is 1.48. The van der Waals surface area contributed by atoms with Gasteiger partial charge in [-0.2, -0.15) is 0 Å². The van der Waals surface area contributed by atoms with E-state index in [1.54, 1.807) is 26.0 Å². The Kier molecular flexibility index (Phi) is 4.28. The normalized spacial score (nSPS) is 10.2. The van der Waals surface area contributed by atoms with Gasteiger partial charge in [0.25, 0.3) is 5.69 Å². The Hall–Kier alpha value is -1.58. The Morgan fingerprint density at radius 3 is 2.31 bits per heavy atom. The van der Waals surface area contributed by atoms with Gasteiger partial charge in [0.15, 0.2) is 0 Å². The topological polar surface area (TPSA) is 52.4 Å². The Balaban J connectivity index is 2.87. The monoisotopic (exact) mass is 223 g/mol. The molecule has 0 heterocycles. The highest BCUT2D eigenvalue weighted by Gasteiger charge is 2.15. The first-order valence-electron chi connectivity index (χ1n) is 5.44. The number of hydrogen-bond acceptors (Lipinski definition) is 3. The molecule has 88 valence electrons. The van der Waals surface area contributed by atoms with Gasteiger partial charge in [0.05, 0.1) is 11.5 Å². The number of nitro benzene ring substituents is 1. The zero-order chi connectivity index (χ0) is 12.1. The molecule has 0 spiro atoms. The molecule has 0 aromatic heterocycles. The first-order chi connectivity index (χ1) is 7.56. The van der Waals surface area contributed by atoms with Gasteiger partial charge in [-0.25, -0.2) is 0 Å². The first kappa shape index (κ1) is 12.5. The van der Waals surface area contributed by atoms with E-state index in [1.165, 1.54) is 0 Å². The van der Waals surface area contributed by atoms with Crippen LogP contribution in [-0.4, -0.2) is 11.5 Å². The van der Waals surface area contributed by atoms with Crippen LogP contribution in [-0.2, 0) is 0 Å². The molecule has 1 aromatic rings. The molecule has 0 unspecified atom stereocenters. The Bertz CT molecular complexity index is 365. The van der Waals surface area contributed by atoms with Gasteiger partial charge in [-0.15, -0.1) is 0 Å². The Morgan fingerprint density at radius 1 is 1.31 bits per heavy atom. The van der Waals surface area contributed by atoms with E-state index >= 15 is 0 Å². The van der Waals surface area contributed by atoms with Crippen molar-refractivity contribution in [1.82, 2.24) is 0 Å². The van der Waals surface area contributed by atoms with Gasteiger partial charge in [-0.1, -0.05) is 13.3 Å². The summed E-state index contributed by atoms with van der Waals surface area (Å²) in [7, 11) is 0. The minimum Gasteiger partial charge on any atom is -0.494 e. The molecule has 0 fully saturated rings. The number of rotatable bonds is 5. The summed E-state index contributed by atoms with van der Waals surface area (Å²) in [5.74, 6) is 0.717. The molecular formula is C12H17NO3. The summed E-state index contributed by atoms with van der Waals surface area (Å²) in [6.45, 7) is 6.22. The molecule has 0 amide bonds. The molecular weight excluding hydrogens is 206 g/mol. The van der Waals surface area contributed by atoms with E-state index in [1.807, 2.05) is 0 Å². The number of ether oxygens (including phenoxy) is 1. The lowest BCUT2D eigenvalue weighted by Gasteiger charge is -2.08. The fraction of sp³-hybridized carbons (Fsp3) is 0.500. The van der Waals surface area contributed by atoms with Crippen LogP contribution in [0.25, 0.3) is 0 Å². The quantitative estimate of drug-likeness (QED) is 0.436. The summed E-state index contributed by atoms with van der Waals surface area (Å²) in [6.07, 6.45) is 2.07. The van der Waals surface area contributed by atoms with E-state index in [0.29, 0.717) is 23.5 Å². The molecule has 0 radical (unpaired) electrons. The number of nitrogens with zero attached hydrogens (tertiary/aromatic N) is 1. The number of benzene rings is 1. The largest absolute Gasteiger partial charge is 0.494 e. The first-order valence-corrected chi connectivity index (χ1v) is 5.44. The number of aryl methyl sites for hydroxylation is 2. The van der Waals surface area contributed by atoms with Gasteiger partial charge in [0, 0.05) is 11.1 Å². The van der Waals surface area contributed by atoms with E-state index in [2.05, 4.69) is 6.92 Å². The predicted octanol–water partition coefficient (Wildman–Crippen LogP) is 3.39. The van der Waals surface area contributed by atoms with Gasteiger partial charge in [0.2, 0.25) is 0 Å². The van der Waals surface area contributed by atoms with Crippen LogP contribution in [0.4, 0.5) is 5.69 Å². The van der Waals surface area contributed by atoms with Crippen LogP contribution >= 0.6 is 0 Å². The fourth-order valence-electron chi connectivity index (χ4n) is 1.62. The van der Waals surface area contributed by atoms with Crippen molar-refractivity contribution in [1.29, 1.82) is 0 Å². The van der Waals surface area contributed by atoms with Crippen LogP contribution in [0, 0.1) is 24.0 Å². The van der Waals surface area contributed by atoms with Gasteiger partial charge in [-0.05, 0) is 32.4 Å². The van der Waals surface area contributed by atoms with Crippen molar-refractivity contribution in [2.75, 3.05) is 6.61 Å². The summed E-state index contributed by atoms with van der Waals surface area (Å²) in [5, 5.41) is 10.8. The zero-order valence-corrected chi connectivity index (χ0v) is 9.95. The highest BCUT2D eigenvalue weighted by atomic mass is 16.6. The minimum atomic E-state index is -0.347. The third kappa shape index (κ3) is 2.95. The summed E-state index contributed by atoms with van der Waals surface area (Å²) < 4.78 is 5.52. The molecule has 0 N–H and O–H groups in total.